The first-order valence-electron chi connectivity index (χ1n) is 13.2. The van der Waals surface area contributed by atoms with E-state index in [1.807, 2.05) is 18.7 Å². The van der Waals surface area contributed by atoms with E-state index >= 15 is 0 Å². The molecule has 2 aromatic rings. The van der Waals surface area contributed by atoms with Crippen molar-refractivity contribution in [3.63, 3.8) is 0 Å². The second-order valence-electron chi connectivity index (χ2n) is 10.3. The standard InChI is InChI=1S/C27H33ClF2N4O5S/c1-16(2)13-33(14-17-3-4-17)20(12-31-26(37)22-7-8-23(28)40-22)25(36)32-19-6-5-18(11-21(19)39-27(29)30)34-9-10-38-15-24(34)35/h5-8,11,16-17,20,27H,3-4,9-10,12-15H2,1-2H3,(H,31,37)(H,32,36)/t20-/m0/s1. The van der Waals surface area contributed by atoms with Crippen LogP contribution in [0.2, 0.25) is 4.34 Å². The van der Waals surface area contributed by atoms with Crippen molar-refractivity contribution in [2.24, 2.45) is 11.8 Å². The average Bonchev–Trinajstić information content (AvgIpc) is 3.60. The van der Waals surface area contributed by atoms with Gasteiger partial charge in [-0.1, -0.05) is 25.4 Å². The maximum atomic E-state index is 13.7. The van der Waals surface area contributed by atoms with Crippen LogP contribution < -0.4 is 20.3 Å². The minimum absolute atomic E-state index is 0.00499. The van der Waals surface area contributed by atoms with Crippen LogP contribution in [0, 0.1) is 11.8 Å². The summed E-state index contributed by atoms with van der Waals surface area (Å²) in [6, 6.07) is 6.76. The Morgan fingerprint density at radius 1 is 1.25 bits per heavy atom. The first kappa shape index (κ1) is 30.2. The first-order chi connectivity index (χ1) is 19.1. The quantitative estimate of drug-likeness (QED) is 0.353. The molecular weight excluding hydrogens is 566 g/mol. The number of hydrogen-bond donors (Lipinski definition) is 2. The van der Waals surface area contributed by atoms with Crippen molar-refractivity contribution in [3.8, 4) is 5.75 Å². The largest absolute Gasteiger partial charge is 0.433 e. The average molecular weight is 599 g/mol. The van der Waals surface area contributed by atoms with Gasteiger partial charge in [0.25, 0.3) is 11.8 Å². The minimum atomic E-state index is -3.15. The lowest BCUT2D eigenvalue weighted by Gasteiger charge is -2.32. The summed E-state index contributed by atoms with van der Waals surface area (Å²) in [5.41, 5.74) is 0.391. The number of hydrogen-bond acceptors (Lipinski definition) is 7. The number of thiophene rings is 1. The van der Waals surface area contributed by atoms with E-state index in [2.05, 4.69) is 10.6 Å². The zero-order valence-electron chi connectivity index (χ0n) is 22.3. The van der Waals surface area contributed by atoms with Crippen LogP contribution in [-0.2, 0) is 14.3 Å². The molecule has 4 rings (SSSR count). The number of carbonyl (C=O) groups excluding carboxylic acids is 3. The van der Waals surface area contributed by atoms with Crippen LogP contribution in [-0.4, -0.2) is 74.7 Å². The van der Waals surface area contributed by atoms with Crippen molar-refractivity contribution in [2.45, 2.75) is 39.3 Å². The summed E-state index contributed by atoms with van der Waals surface area (Å²) in [5.74, 6) is -0.702. The molecule has 0 unspecified atom stereocenters. The summed E-state index contributed by atoms with van der Waals surface area (Å²) in [5, 5.41) is 5.57. The Morgan fingerprint density at radius 2 is 2.02 bits per heavy atom. The molecule has 1 aromatic carbocycles. The van der Waals surface area contributed by atoms with Crippen LogP contribution >= 0.6 is 22.9 Å². The number of amides is 3. The normalized spacial score (nSPS) is 16.5. The van der Waals surface area contributed by atoms with Crippen LogP contribution in [0.5, 0.6) is 5.75 Å². The van der Waals surface area contributed by atoms with Gasteiger partial charge < -0.3 is 25.0 Å². The molecule has 1 aromatic heterocycles. The maximum absolute atomic E-state index is 13.7. The van der Waals surface area contributed by atoms with Crippen LogP contribution in [0.15, 0.2) is 30.3 Å². The summed E-state index contributed by atoms with van der Waals surface area (Å²) in [4.78, 5) is 42.6. The molecule has 3 amide bonds. The van der Waals surface area contributed by atoms with Gasteiger partial charge in [0.15, 0.2) is 5.75 Å². The van der Waals surface area contributed by atoms with Crippen LogP contribution in [0.3, 0.4) is 0 Å². The van der Waals surface area contributed by atoms with E-state index < -0.39 is 18.6 Å². The van der Waals surface area contributed by atoms with Gasteiger partial charge in [-0.3, -0.25) is 19.3 Å². The summed E-state index contributed by atoms with van der Waals surface area (Å²) in [7, 11) is 0. The molecule has 40 heavy (non-hydrogen) atoms. The van der Waals surface area contributed by atoms with Crippen molar-refractivity contribution in [2.75, 3.05) is 49.6 Å². The second kappa shape index (κ2) is 13.7. The molecular formula is C27H33ClF2N4O5S. The third kappa shape index (κ3) is 8.35. The monoisotopic (exact) mass is 598 g/mol. The van der Waals surface area contributed by atoms with Crippen molar-refractivity contribution in [3.05, 3.63) is 39.5 Å². The van der Waals surface area contributed by atoms with Gasteiger partial charge in [0.2, 0.25) is 5.91 Å². The third-order valence-electron chi connectivity index (χ3n) is 6.52. The smallest absolute Gasteiger partial charge is 0.387 e. The van der Waals surface area contributed by atoms with Crippen LogP contribution in [0.25, 0.3) is 0 Å². The molecule has 1 saturated carbocycles. The van der Waals surface area contributed by atoms with Gasteiger partial charge in [0, 0.05) is 37.9 Å². The molecule has 0 spiro atoms. The highest BCUT2D eigenvalue weighted by atomic mass is 35.5. The van der Waals surface area contributed by atoms with E-state index in [-0.39, 0.29) is 48.9 Å². The van der Waals surface area contributed by atoms with E-state index in [0.29, 0.717) is 40.5 Å². The van der Waals surface area contributed by atoms with Crippen LogP contribution in [0.4, 0.5) is 20.2 Å². The van der Waals surface area contributed by atoms with E-state index in [1.165, 1.54) is 17.0 Å². The van der Waals surface area contributed by atoms with Crippen molar-refractivity contribution >= 4 is 52.0 Å². The Bertz CT molecular complexity index is 1210. The van der Waals surface area contributed by atoms with Crippen molar-refractivity contribution in [1.29, 1.82) is 0 Å². The zero-order valence-corrected chi connectivity index (χ0v) is 23.9. The lowest BCUT2D eigenvalue weighted by molar-refractivity contribution is -0.125. The predicted molar refractivity (Wildman–Crippen MR) is 149 cm³/mol. The van der Waals surface area contributed by atoms with Gasteiger partial charge in [0.05, 0.1) is 21.5 Å². The Balaban J connectivity index is 1.57. The number of anilines is 2. The maximum Gasteiger partial charge on any atom is 0.387 e. The lowest BCUT2D eigenvalue weighted by Crippen LogP contribution is -2.52. The molecule has 2 fully saturated rings. The van der Waals surface area contributed by atoms with E-state index in [4.69, 9.17) is 21.1 Å². The zero-order chi connectivity index (χ0) is 28.8. The van der Waals surface area contributed by atoms with Crippen molar-refractivity contribution in [1.82, 2.24) is 10.2 Å². The summed E-state index contributed by atoms with van der Waals surface area (Å²) in [6.45, 7) is 2.69. The number of morpholine rings is 1. The number of nitrogens with zero attached hydrogens (tertiary/aromatic N) is 2. The number of alkyl halides is 2. The Hall–Kier alpha value is -2.80. The highest BCUT2D eigenvalue weighted by molar-refractivity contribution is 7.18. The van der Waals surface area contributed by atoms with Gasteiger partial charge in [-0.25, -0.2) is 0 Å². The first-order valence-corrected chi connectivity index (χ1v) is 14.4. The Kier molecular flexibility index (Phi) is 10.3. The fraction of sp³-hybridized carbons (Fsp3) is 0.519. The molecule has 2 N–H and O–H groups in total. The topological polar surface area (TPSA) is 100 Å². The number of benzene rings is 1. The second-order valence-corrected chi connectivity index (χ2v) is 12.0. The molecule has 13 heteroatoms. The molecule has 2 heterocycles. The third-order valence-corrected chi connectivity index (χ3v) is 7.75. The number of carbonyl (C=O) groups is 3. The van der Waals surface area contributed by atoms with E-state index in [0.717, 1.165) is 24.2 Å². The SMILES string of the molecule is CC(C)CN(CC1CC1)[C@@H](CNC(=O)c1ccc(Cl)s1)C(=O)Nc1ccc(N2CCOCC2=O)cc1OC(F)F. The predicted octanol–water partition coefficient (Wildman–Crippen LogP) is 4.47. The van der Waals surface area contributed by atoms with E-state index in [9.17, 15) is 23.2 Å². The minimum Gasteiger partial charge on any atom is -0.433 e. The highest BCUT2D eigenvalue weighted by Crippen LogP contribution is 2.33. The Morgan fingerprint density at radius 3 is 2.65 bits per heavy atom. The molecule has 1 aliphatic carbocycles. The number of halogens is 3. The number of nitrogens with one attached hydrogen (secondary N) is 2. The van der Waals surface area contributed by atoms with Gasteiger partial charge >= 0.3 is 6.61 Å². The van der Waals surface area contributed by atoms with Crippen LogP contribution in [0.1, 0.15) is 36.4 Å². The lowest BCUT2D eigenvalue weighted by atomic mass is 10.1. The summed E-state index contributed by atoms with van der Waals surface area (Å²) >= 11 is 7.11. The molecule has 2 aliphatic rings. The highest BCUT2D eigenvalue weighted by Gasteiger charge is 2.33. The molecule has 218 valence electrons. The molecule has 1 saturated heterocycles. The Labute approximate surface area is 240 Å². The van der Waals surface area contributed by atoms with Gasteiger partial charge in [0.1, 0.15) is 12.6 Å². The number of rotatable bonds is 13. The molecule has 0 radical (unpaired) electrons. The van der Waals surface area contributed by atoms with Crippen molar-refractivity contribution < 1.29 is 32.6 Å². The molecule has 1 aliphatic heterocycles. The number of ether oxygens (including phenoxy) is 2. The van der Waals surface area contributed by atoms with Gasteiger partial charge in [-0.15, -0.1) is 11.3 Å². The fourth-order valence-corrected chi connectivity index (χ4v) is 5.47. The fourth-order valence-electron chi connectivity index (χ4n) is 4.51. The summed E-state index contributed by atoms with van der Waals surface area (Å²) in [6.07, 6.45) is 2.13. The molecule has 9 nitrogen and oxygen atoms in total. The van der Waals surface area contributed by atoms with E-state index in [1.54, 1.807) is 18.2 Å². The van der Waals surface area contributed by atoms with Gasteiger partial charge in [-0.05, 0) is 48.9 Å². The van der Waals surface area contributed by atoms with Gasteiger partial charge in [-0.2, -0.15) is 8.78 Å². The summed E-state index contributed by atoms with van der Waals surface area (Å²) < 4.78 is 37.0. The molecule has 1 atom stereocenters. The molecule has 0 bridgehead atoms.